The molecule has 1 saturated carbocycles. The number of nitrogens with one attached hydrogen (secondary N) is 1. The first kappa shape index (κ1) is 23.0. The van der Waals surface area contributed by atoms with Crippen molar-refractivity contribution >= 4 is 27.3 Å². The van der Waals surface area contributed by atoms with Gasteiger partial charge in [-0.15, -0.1) is 0 Å². The van der Waals surface area contributed by atoms with Crippen molar-refractivity contribution in [3.8, 4) is 0 Å². The van der Waals surface area contributed by atoms with Crippen molar-refractivity contribution in [2.24, 2.45) is 0 Å². The van der Waals surface area contributed by atoms with E-state index in [-0.39, 0.29) is 35.3 Å². The lowest BCUT2D eigenvalue weighted by atomic mass is 10.1. The number of carbonyl (C=O) groups excluding carboxylic acids is 2. The van der Waals surface area contributed by atoms with Gasteiger partial charge in [0.05, 0.1) is 17.0 Å². The van der Waals surface area contributed by atoms with Gasteiger partial charge in [-0.25, -0.2) is 8.42 Å². The van der Waals surface area contributed by atoms with Crippen molar-refractivity contribution in [2.75, 3.05) is 18.1 Å². The van der Waals surface area contributed by atoms with E-state index in [9.17, 15) is 18.0 Å². The Morgan fingerprint density at radius 1 is 1.06 bits per heavy atom. The summed E-state index contributed by atoms with van der Waals surface area (Å²) in [6.07, 6.45) is 3.32. The molecule has 0 radical (unpaired) electrons. The highest BCUT2D eigenvalue weighted by Gasteiger charge is 2.29. The lowest BCUT2D eigenvalue weighted by Crippen LogP contribution is -2.32. The Labute approximate surface area is 184 Å². The average molecular weight is 443 g/mol. The summed E-state index contributed by atoms with van der Waals surface area (Å²) in [6, 6.07) is 16.1. The van der Waals surface area contributed by atoms with Gasteiger partial charge < -0.3 is 10.2 Å². The molecule has 0 aromatic heterocycles. The number of anilines is 1. The van der Waals surface area contributed by atoms with Crippen LogP contribution in [0.1, 0.15) is 61.0 Å². The zero-order valence-corrected chi connectivity index (χ0v) is 18.9. The highest BCUT2D eigenvalue weighted by molar-refractivity contribution is 7.92. The summed E-state index contributed by atoms with van der Waals surface area (Å²) in [4.78, 5) is 26.6. The van der Waals surface area contributed by atoms with Crippen LogP contribution in [-0.2, 0) is 14.6 Å². The summed E-state index contributed by atoms with van der Waals surface area (Å²) in [5, 5.41) is 2.59. The van der Waals surface area contributed by atoms with Crippen LogP contribution in [0.5, 0.6) is 0 Å². The van der Waals surface area contributed by atoms with E-state index >= 15 is 0 Å². The molecular formula is C24H30N2O4S. The van der Waals surface area contributed by atoms with Gasteiger partial charge >= 0.3 is 0 Å². The molecule has 1 N–H and O–H groups in total. The molecule has 7 heteroatoms. The maximum atomic E-state index is 12.7. The number of benzene rings is 2. The van der Waals surface area contributed by atoms with Crippen molar-refractivity contribution in [2.45, 2.75) is 50.3 Å². The zero-order valence-electron chi connectivity index (χ0n) is 18.1. The predicted octanol–water partition coefficient (Wildman–Crippen LogP) is 4.21. The molecule has 0 heterocycles. The Balaban J connectivity index is 1.61. The molecule has 0 saturated heterocycles. The number of carbonyl (C=O) groups is 2. The van der Waals surface area contributed by atoms with Crippen LogP contribution in [0.4, 0.5) is 5.69 Å². The lowest BCUT2D eigenvalue weighted by molar-refractivity contribution is -0.131. The van der Waals surface area contributed by atoms with Crippen molar-refractivity contribution in [3.63, 3.8) is 0 Å². The van der Waals surface area contributed by atoms with E-state index < -0.39 is 9.84 Å². The third-order valence-corrected chi connectivity index (χ3v) is 8.31. The monoisotopic (exact) mass is 442 g/mol. The predicted molar refractivity (Wildman–Crippen MR) is 123 cm³/mol. The summed E-state index contributed by atoms with van der Waals surface area (Å²) in [5.74, 6) is -0.500. The SMILES string of the molecule is CC(c1cccc(NC(=O)c2ccccc2)c1)N(C)C(=O)CCS(=O)(=O)C1CCCC1. The summed E-state index contributed by atoms with van der Waals surface area (Å²) in [5.41, 5.74) is 2.07. The minimum absolute atomic E-state index is 0.00981. The van der Waals surface area contributed by atoms with E-state index in [1.54, 1.807) is 42.3 Å². The van der Waals surface area contributed by atoms with E-state index in [2.05, 4.69) is 5.32 Å². The molecule has 166 valence electrons. The minimum Gasteiger partial charge on any atom is -0.339 e. The van der Waals surface area contributed by atoms with Gasteiger partial charge in [-0.05, 0) is 49.6 Å². The fourth-order valence-electron chi connectivity index (χ4n) is 3.93. The molecule has 0 aliphatic heterocycles. The summed E-state index contributed by atoms with van der Waals surface area (Å²) < 4.78 is 24.9. The van der Waals surface area contributed by atoms with Gasteiger partial charge in [-0.2, -0.15) is 0 Å². The fourth-order valence-corrected chi connectivity index (χ4v) is 5.77. The van der Waals surface area contributed by atoms with Crippen LogP contribution in [0.15, 0.2) is 54.6 Å². The molecule has 0 spiro atoms. The highest BCUT2D eigenvalue weighted by Crippen LogP contribution is 2.26. The normalized spacial score (nSPS) is 15.4. The molecule has 1 aliphatic carbocycles. The number of hydrogen-bond acceptors (Lipinski definition) is 4. The van der Waals surface area contributed by atoms with E-state index in [0.29, 0.717) is 24.1 Å². The van der Waals surface area contributed by atoms with Crippen LogP contribution in [0.3, 0.4) is 0 Å². The molecule has 0 bridgehead atoms. The minimum atomic E-state index is -3.22. The van der Waals surface area contributed by atoms with Crippen LogP contribution in [-0.4, -0.2) is 43.2 Å². The first-order valence-corrected chi connectivity index (χ1v) is 12.4. The smallest absolute Gasteiger partial charge is 0.255 e. The summed E-state index contributed by atoms with van der Waals surface area (Å²) in [6.45, 7) is 1.89. The third-order valence-electron chi connectivity index (χ3n) is 6.05. The molecule has 1 fully saturated rings. The Morgan fingerprint density at radius 2 is 1.74 bits per heavy atom. The standard InChI is InChI=1S/C24H30N2O4S/c1-18(26(2)23(27)15-16-31(29,30)22-13-6-7-14-22)20-11-8-12-21(17-20)25-24(28)19-9-4-3-5-10-19/h3-5,8-12,17-18,22H,6-7,13-16H2,1-2H3,(H,25,28). The van der Waals surface area contributed by atoms with Crippen molar-refractivity contribution in [3.05, 3.63) is 65.7 Å². The summed E-state index contributed by atoms with van der Waals surface area (Å²) in [7, 11) is -1.54. The van der Waals surface area contributed by atoms with E-state index in [1.165, 1.54) is 0 Å². The van der Waals surface area contributed by atoms with Gasteiger partial charge in [-0.1, -0.05) is 43.2 Å². The van der Waals surface area contributed by atoms with E-state index in [4.69, 9.17) is 0 Å². The average Bonchev–Trinajstić information content (AvgIpc) is 3.33. The van der Waals surface area contributed by atoms with Crippen LogP contribution in [0, 0.1) is 0 Å². The van der Waals surface area contributed by atoms with Crippen molar-refractivity contribution in [1.82, 2.24) is 4.90 Å². The van der Waals surface area contributed by atoms with Gasteiger partial charge in [0, 0.05) is 24.7 Å². The molecule has 2 aromatic rings. The molecule has 31 heavy (non-hydrogen) atoms. The quantitative estimate of drug-likeness (QED) is 0.664. The molecular weight excluding hydrogens is 412 g/mol. The molecule has 2 amide bonds. The van der Waals surface area contributed by atoms with Crippen LogP contribution in [0.25, 0.3) is 0 Å². The number of hydrogen-bond donors (Lipinski definition) is 1. The van der Waals surface area contributed by atoms with Crippen molar-refractivity contribution < 1.29 is 18.0 Å². The third kappa shape index (κ3) is 5.94. The van der Waals surface area contributed by atoms with Crippen molar-refractivity contribution in [1.29, 1.82) is 0 Å². The number of nitrogens with zero attached hydrogens (tertiary/aromatic N) is 1. The van der Waals surface area contributed by atoms with Gasteiger partial charge in [0.15, 0.2) is 9.84 Å². The molecule has 1 unspecified atom stereocenters. The van der Waals surface area contributed by atoms with Gasteiger partial charge in [0.2, 0.25) is 5.91 Å². The highest BCUT2D eigenvalue weighted by atomic mass is 32.2. The Hall–Kier alpha value is -2.67. The van der Waals surface area contributed by atoms with Crippen LogP contribution < -0.4 is 5.32 Å². The topological polar surface area (TPSA) is 83.6 Å². The Kier molecular flexibility index (Phi) is 7.49. The Morgan fingerprint density at radius 3 is 2.42 bits per heavy atom. The second kappa shape index (κ2) is 10.1. The molecule has 2 aromatic carbocycles. The second-order valence-corrected chi connectivity index (χ2v) is 10.6. The molecule has 1 atom stereocenters. The first-order valence-electron chi connectivity index (χ1n) is 10.7. The van der Waals surface area contributed by atoms with E-state index in [1.807, 2.05) is 31.2 Å². The molecule has 1 aliphatic rings. The second-order valence-electron chi connectivity index (χ2n) is 8.15. The lowest BCUT2D eigenvalue weighted by Gasteiger charge is -2.26. The maximum Gasteiger partial charge on any atom is 0.255 e. The number of sulfone groups is 1. The number of amides is 2. The van der Waals surface area contributed by atoms with Gasteiger partial charge in [-0.3, -0.25) is 9.59 Å². The van der Waals surface area contributed by atoms with Gasteiger partial charge in [0.1, 0.15) is 0 Å². The fraction of sp³-hybridized carbons (Fsp3) is 0.417. The maximum absolute atomic E-state index is 12.7. The largest absolute Gasteiger partial charge is 0.339 e. The number of rotatable bonds is 8. The van der Waals surface area contributed by atoms with Crippen LogP contribution >= 0.6 is 0 Å². The Bertz CT molecular complexity index is 1010. The van der Waals surface area contributed by atoms with E-state index in [0.717, 1.165) is 18.4 Å². The van der Waals surface area contributed by atoms with Gasteiger partial charge in [0.25, 0.3) is 5.91 Å². The molecule has 3 rings (SSSR count). The zero-order chi connectivity index (χ0) is 22.4. The molecule has 6 nitrogen and oxygen atoms in total. The first-order chi connectivity index (χ1) is 14.8. The van der Waals surface area contributed by atoms with Crippen LogP contribution in [0.2, 0.25) is 0 Å². The summed E-state index contributed by atoms with van der Waals surface area (Å²) >= 11 is 0.